The van der Waals surface area contributed by atoms with Crippen LogP contribution < -0.4 is 10.2 Å². The first-order valence-electron chi connectivity index (χ1n) is 6.44. The molecule has 1 atom stereocenters. The summed E-state index contributed by atoms with van der Waals surface area (Å²) in [5.41, 5.74) is 3.32. The highest BCUT2D eigenvalue weighted by Crippen LogP contribution is 2.30. The fraction of sp³-hybridized carbons (Fsp3) is 0.188. The third kappa shape index (κ3) is 2.19. The molecular weight excluding hydrogens is 236 g/mol. The molecule has 0 saturated carbocycles. The number of nitrogens with one attached hydrogen (secondary N) is 1. The zero-order chi connectivity index (χ0) is 13.2. The van der Waals surface area contributed by atoms with Crippen molar-refractivity contribution in [2.75, 3.05) is 11.4 Å². The molecule has 1 N–H and O–H groups in total. The number of anilines is 1. The third-order valence-electron chi connectivity index (χ3n) is 3.44. The Labute approximate surface area is 112 Å². The van der Waals surface area contributed by atoms with Crippen LogP contribution in [-0.2, 0) is 0 Å². The number of urea groups is 1. The summed E-state index contributed by atoms with van der Waals surface area (Å²) in [7, 11) is 0. The average molecular weight is 252 g/mol. The molecule has 3 heteroatoms. The summed E-state index contributed by atoms with van der Waals surface area (Å²) in [6.45, 7) is 2.72. The minimum Gasteiger partial charge on any atom is -0.335 e. The first-order valence-corrected chi connectivity index (χ1v) is 6.44. The van der Waals surface area contributed by atoms with Crippen LogP contribution in [0.3, 0.4) is 0 Å². The van der Waals surface area contributed by atoms with Crippen molar-refractivity contribution >= 4 is 11.7 Å². The maximum Gasteiger partial charge on any atom is 0.322 e. The van der Waals surface area contributed by atoms with Crippen LogP contribution >= 0.6 is 0 Å². The average Bonchev–Trinajstić information content (AvgIpc) is 2.82. The second-order valence-corrected chi connectivity index (χ2v) is 4.82. The minimum absolute atomic E-state index is 0.0299. The highest BCUT2D eigenvalue weighted by Gasteiger charge is 2.32. The van der Waals surface area contributed by atoms with Gasteiger partial charge in [0, 0.05) is 12.2 Å². The van der Waals surface area contributed by atoms with Crippen LogP contribution in [0.4, 0.5) is 10.5 Å². The van der Waals surface area contributed by atoms with Crippen molar-refractivity contribution in [2.24, 2.45) is 0 Å². The first-order chi connectivity index (χ1) is 9.25. The van der Waals surface area contributed by atoms with E-state index in [1.807, 2.05) is 41.3 Å². The number of nitrogens with zero attached hydrogens (tertiary/aromatic N) is 1. The second kappa shape index (κ2) is 4.76. The van der Waals surface area contributed by atoms with Gasteiger partial charge in [0.2, 0.25) is 0 Å². The van der Waals surface area contributed by atoms with Gasteiger partial charge in [-0.15, -0.1) is 0 Å². The minimum atomic E-state index is -0.0299. The lowest BCUT2D eigenvalue weighted by atomic mass is 10.0. The Kier molecular flexibility index (Phi) is 2.95. The largest absolute Gasteiger partial charge is 0.335 e. The molecular formula is C16H16N2O. The smallest absolute Gasteiger partial charge is 0.322 e. The van der Waals surface area contributed by atoms with Gasteiger partial charge in [-0.3, -0.25) is 4.90 Å². The van der Waals surface area contributed by atoms with E-state index in [0.29, 0.717) is 6.54 Å². The van der Waals surface area contributed by atoms with Gasteiger partial charge in [-0.2, -0.15) is 0 Å². The number of benzene rings is 2. The van der Waals surface area contributed by atoms with E-state index < -0.39 is 0 Å². The molecule has 3 nitrogen and oxygen atoms in total. The number of rotatable bonds is 2. The SMILES string of the molecule is Cc1cccc(C2CNC(=O)N2c2ccccc2)c1. The van der Waals surface area contributed by atoms with E-state index in [1.54, 1.807) is 0 Å². The molecule has 1 saturated heterocycles. The van der Waals surface area contributed by atoms with Crippen molar-refractivity contribution in [2.45, 2.75) is 13.0 Å². The number of para-hydroxylation sites is 1. The van der Waals surface area contributed by atoms with E-state index >= 15 is 0 Å². The van der Waals surface area contributed by atoms with E-state index in [4.69, 9.17) is 0 Å². The summed E-state index contributed by atoms with van der Waals surface area (Å²) >= 11 is 0. The van der Waals surface area contributed by atoms with Gasteiger partial charge in [0.1, 0.15) is 0 Å². The van der Waals surface area contributed by atoms with Crippen LogP contribution in [0, 0.1) is 6.92 Å². The number of hydrogen-bond acceptors (Lipinski definition) is 1. The van der Waals surface area contributed by atoms with Gasteiger partial charge < -0.3 is 5.32 Å². The van der Waals surface area contributed by atoms with E-state index in [0.717, 1.165) is 5.69 Å². The molecule has 1 fully saturated rings. The Bertz CT molecular complexity index is 595. The summed E-state index contributed by atoms with van der Waals surface area (Å²) in [5, 5.41) is 2.92. The molecule has 0 spiro atoms. The Morgan fingerprint density at radius 2 is 1.89 bits per heavy atom. The highest BCUT2D eigenvalue weighted by molar-refractivity contribution is 5.95. The molecule has 2 amide bonds. The van der Waals surface area contributed by atoms with Crippen LogP contribution in [0.2, 0.25) is 0 Å². The van der Waals surface area contributed by atoms with Gasteiger partial charge in [-0.25, -0.2) is 4.79 Å². The molecule has 0 radical (unpaired) electrons. The third-order valence-corrected chi connectivity index (χ3v) is 3.44. The lowest BCUT2D eigenvalue weighted by Gasteiger charge is -2.23. The number of aryl methyl sites for hydroxylation is 1. The molecule has 96 valence electrons. The summed E-state index contributed by atoms with van der Waals surface area (Å²) < 4.78 is 0. The van der Waals surface area contributed by atoms with E-state index in [2.05, 4.69) is 30.4 Å². The van der Waals surface area contributed by atoms with Gasteiger partial charge in [0.25, 0.3) is 0 Å². The molecule has 19 heavy (non-hydrogen) atoms. The molecule has 1 heterocycles. The molecule has 1 aliphatic heterocycles. The van der Waals surface area contributed by atoms with Crippen LogP contribution in [0.5, 0.6) is 0 Å². The Morgan fingerprint density at radius 1 is 1.11 bits per heavy atom. The molecule has 3 rings (SSSR count). The van der Waals surface area contributed by atoms with Gasteiger partial charge in [0.05, 0.1) is 6.04 Å². The maximum atomic E-state index is 12.1. The van der Waals surface area contributed by atoms with E-state index in [-0.39, 0.29) is 12.1 Å². The van der Waals surface area contributed by atoms with Crippen molar-refractivity contribution in [3.63, 3.8) is 0 Å². The normalized spacial score (nSPS) is 18.5. The van der Waals surface area contributed by atoms with Crippen LogP contribution in [0.15, 0.2) is 54.6 Å². The molecule has 2 aromatic rings. The van der Waals surface area contributed by atoms with Crippen LogP contribution in [-0.4, -0.2) is 12.6 Å². The molecule has 0 aromatic heterocycles. The van der Waals surface area contributed by atoms with Gasteiger partial charge in [-0.1, -0.05) is 48.0 Å². The zero-order valence-electron chi connectivity index (χ0n) is 10.8. The molecule has 0 bridgehead atoms. The summed E-state index contributed by atoms with van der Waals surface area (Å²) in [6, 6.07) is 18.2. The van der Waals surface area contributed by atoms with Crippen molar-refractivity contribution < 1.29 is 4.79 Å². The molecule has 1 unspecified atom stereocenters. The van der Waals surface area contributed by atoms with Gasteiger partial charge >= 0.3 is 6.03 Å². The first kappa shape index (κ1) is 11.8. The van der Waals surface area contributed by atoms with E-state index in [9.17, 15) is 4.79 Å². The quantitative estimate of drug-likeness (QED) is 0.874. The standard InChI is InChI=1S/C16H16N2O/c1-12-6-5-7-13(10-12)15-11-17-16(19)18(15)14-8-3-2-4-9-14/h2-10,15H,11H2,1H3,(H,17,19). The van der Waals surface area contributed by atoms with Crippen molar-refractivity contribution in [1.82, 2.24) is 5.32 Å². The predicted molar refractivity (Wildman–Crippen MR) is 76.2 cm³/mol. The summed E-state index contributed by atoms with van der Waals surface area (Å²) in [4.78, 5) is 13.9. The van der Waals surface area contributed by atoms with E-state index in [1.165, 1.54) is 11.1 Å². The van der Waals surface area contributed by atoms with Crippen LogP contribution in [0.1, 0.15) is 17.2 Å². The summed E-state index contributed by atoms with van der Waals surface area (Å²) in [5.74, 6) is 0. The number of carbonyl (C=O) groups excluding carboxylic acids is 1. The fourth-order valence-corrected chi connectivity index (χ4v) is 2.53. The lowest BCUT2D eigenvalue weighted by Crippen LogP contribution is -2.29. The van der Waals surface area contributed by atoms with Crippen LogP contribution in [0.25, 0.3) is 0 Å². The Morgan fingerprint density at radius 3 is 2.63 bits per heavy atom. The highest BCUT2D eigenvalue weighted by atomic mass is 16.2. The topological polar surface area (TPSA) is 32.3 Å². The van der Waals surface area contributed by atoms with Gasteiger partial charge in [0.15, 0.2) is 0 Å². The fourth-order valence-electron chi connectivity index (χ4n) is 2.53. The summed E-state index contributed by atoms with van der Waals surface area (Å²) in [6.07, 6.45) is 0. The van der Waals surface area contributed by atoms with Crippen molar-refractivity contribution in [1.29, 1.82) is 0 Å². The number of amides is 2. The van der Waals surface area contributed by atoms with Crippen molar-refractivity contribution in [3.05, 3.63) is 65.7 Å². The molecule has 2 aromatic carbocycles. The van der Waals surface area contributed by atoms with Crippen molar-refractivity contribution in [3.8, 4) is 0 Å². The second-order valence-electron chi connectivity index (χ2n) is 4.82. The predicted octanol–water partition coefficient (Wildman–Crippen LogP) is 3.27. The maximum absolute atomic E-state index is 12.1. The Hall–Kier alpha value is -2.29. The monoisotopic (exact) mass is 252 g/mol. The number of carbonyl (C=O) groups is 1. The Balaban J connectivity index is 1.99. The molecule has 0 aliphatic carbocycles. The lowest BCUT2D eigenvalue weighted by molar-refractivity contribution is 0.251. The van der Waals surface area contributed by atoms with Gasteiger partial charge in [-0.05, 0) is 24.6 Å². The molecule has 1 aliphatic rings. The number of hydrogen-bond donors (Lipinski definition) is 1. The zero-order valence-corrected chi connectivity index (χ0v) is 10.8.